The van der Waals surface area contributed by atoms with Crippen LogP contribution >= 0.6 is 0 Å². The number of anilines is 2. The molecule has 0 aromatic heterocycles. The van der Waals surface area contributed by atoms with Gasteiger partial charge in [0.15, 0.2) is 6.61 Å². The first-order valence-electron chi connectivity index (χ1n) is 10.3. The van der Waals surface area contributed by atoms with E-state index < -0.39 is 11.9 Å². The first kappa shape index (κ1) is 21.4. The van der Waals surface area contributed by atoms with E-state index in [1.165, 1.54) is 25.5 Å². The lowest BCUT2D eigenvalue weighted by molar-refractivity contribution is -0.119. The largest absolute Gasteiger partial charge is 0.495 e. The molecule has 0 saturated heterocycles. The second-order valence-electron chi connectivity index (χ2n) is 7.16. The standard InChI is InChI=1S/C24H28N2O4/c1-29-22-14-8-7-13-21(22)26-23(27)17-30-24(28)19-11-5-6-12-20(19)25-16-15-18-9-3-2-4-10-18/h5-9,11-14,25H,2-4,10,15-17H2,1H3,(H,26,27). The number of allylic oxidation sites excluding steroid dienone is 1. The zero-order valence-corrected chi connectivity index (χ0v) is 17.3. The first-order chi connectivity index (χ1) is 14.7. The van der Waals surface area contributed by atoms with Crippen LogP contribution in [0.25, 0.3) is 0 Å². The number of amides is 1. The Hall–Kier alpha value is -3.28. The van der Waals surface area contributed by atoms with E-state index in [0.29, 0.717) is 22.7 Å². The summed E-state index contributed by atoms with van der Waals surface area (Å²) < 4.78 is 10.4. The number of carbonyl (C=O) groups is 2. The van der Waals surface area contributed by atoms with Crippen LogP contribution in [0.15, 0.2) is 60.2 Å². The Morgan fingerprint density at radius 2 is 1.77 bits per heavy atom. The summed E-state index contributed by atoms with van der Waals surface area (Å²) in [4.78, 5) is 24.7. The van der Waals surface area contributed by atoms with Crippen molar-refractivity contribution in [2.45, 2.75) is 32.1 Å². The molecule has 0 heterocycles. The van der Waals surface area contributed by atoms with Gasteiger partial charge in [-0.1, -0.05) is 35.9 Å². The fourth-order valence-electron chi connectivity index (χ4n) is 3.45. The minimum Gasteiger partial charge on any atom is -0.495 e. The monoisotopic (exact) mass is 408 g/mol. The summed E-state index contributed by atoms with van der Waals surface area (Å²) >= 11 is 0. The molecule has 158 valence electrons. The van der Waals surface area contributed by atoms with Crippen LogP contribution in [0.2, 0.25) is 0 Å². The summed E-state index contributed by atoms with van der Waals surface area (Å²) in [7, 11) is 1.53. The maximum absolute atomic E-state index is 12.5. The molecule has 3 rings (SSSR count). The van der Waals surface area contributed by atoms with Crippen molar-refractivity contribution in [3.8, 4) is 5.75 Å². The molecule has 1 amide bonds. The van der Waals surface area contributed by atoms with Gasteiger partial charge in [-0.05, 0) is 56.4 Å². The van der Waals surface area contributed by atoms with Gasteiger partial charge in [0, 0.05) is 12.2 Å². The van der Waals surface area contributed by atoms with Crippen LogP contribution in [-0.4, -0.2) is 32.1 Å². The van der Waals surface area contributed by atoms with Crippen LogP contribution in [0.3, 0.4) is 0 Å². The topological polar surface area (TPSA) is 76.7 Å². The molecule has 30 heavy (non-hydrogen) atoms. The van der Waals surface area contributed by atoms with Gasteiger partial charge < -0.3 is 20.1 Å². The summed E-state index contributed by atoms with van der Waals surface area (Å²) in [5.74, 6) is -0.424. The highest BCUT2D eigenvalue weighted by Crippen LogP contribution is 2.23. The maximum Gasteiger partial charge on any atom is 0.340 e. The summed E-state index contributed by atoms with van der Waals surface area (Å²) in [6, 6.07) is 14.3. The Morgan fingerprint density at radius 1 is 1.00 bits per heavy atom. The molecule has 6 heteroatoms. The van der Waals surface area contributed by atoms with E-state index in [9.17, 15) is 9.59 Å². The molecular weight excluding hydrogens is 380 g/mol. The minimum atomic E-state index is -0.537. The number of rotatable bonds is 9. The molecule has 0 unspecified atom stereocenters. The Kier molecular flexibility index (Phi) is 7.89. The number of nitrogens with one attached hydrogen (secondary N) is 2. The van der Waals surface area contributed by atoms with Crippen LogP contribution in [0.1, 0.15) is 42.5 Å². The van der Waals surface area contributed by atoms with Crippen molar-refractivity contribution in [3.63, 3.8) is 0 Å². The molecule has 0 spiro atoms. The molecule has 0 radical (unpaired) electrons. The minimum absolute atomic E-state index is 0.377. The smallest absolute Gasteiger partial charge is 0.340 e. The second-order valence-corrected chi connectivity index (χ2v) is 7.16. The number of ether oxygens (including phenoxy) is 2. The summed E-state index contributed by atoms with van der Waals surface area (Å²) in [6.45, 7) is 0.377. The van der Waals surface area contributed by atoms with Crippen molar-refractivity contribution in [1.29, 1.82) is 0 Å². The molecule has 0 atom stereocenters. The Labute approximate surface area is 177 Å². The van der Waals surface area contributed by atoms with E-state index in [4.69, 9.17) is 9.47 Å². The molecule has 0 aliphatic heterocycles. The van der Waals surface area contributed by atoms with Crippen LogP contribution in [-0.2, 0) is 9.53 Å². The number of esters is 1. The van der Waals surface area contributed by atoms with E-state index >= 15 is 0 Å². The summed E-state index contributed by atoms with van der Waals surface area (Å²) in [5.41, 5.74) is 3.13. The molecule has 6 nitrogen and oxygen atoms in total. The van der Waals surface area contributed by atoms with Gasteiger partial charge in [0.25, 0.3) is 5.91 Å². The molecule has 2 N–H and O–H groups in total. The molecule has 0 bridgehead atoms. The lowest BCUT2D eigenvalue weighted by Crippen LogP contribution is -2.21. The van der Waals surface area contributed by atoms with E-state index in [1.807, 2.05) is 18.2 Å². The number of hydrogen-bond acceptors (Lipinski definition) is 5. The lowest BCUT2D eigenvalue weighted by atomic mass is 9.97. The van der Waals surface area contributed by atoms with E-state index in [2.05, 4.69) is 16.7 Å². The third-order valence-electron chi connectivity index (χ3n) is 5.01. The van der Waals surface area contributed by atoms with E-state index in [0.717, 1.165) is 25.8 Å². The Bertz CT molecular complexity index is 908. The number of carbonyl (C=O) groups excluding carboxylic acids is 2. The van der Waals surface area contributed by atoms with Gasteiger partial charge in [-0.15, -0.1) is 0 Å². The molecule has 0 saturated carbocycles. The normalized spacial score (nSPS) is 13.2. The summed E-state index contributed by atoms with van der Waals surface area (Å²) in [5, 5.41) is 6.02. The highest BCUT2D eigenvalue weighted by atomic mass is 16.5. The molecule has 2 aromatic rings. The second kappa shape index (κ2) is 11.0. The van der Waals surface area contributed by atoms with E-state index in [1.54, 1.807) is 30.3 Å². The van der Waals surface area contributed by atoms with Gasteiger partial charge in [0.05, 0.1) is 18.4 Å². The van der Waals surface area contributed by atoms with Crippen molar-refractivity contribution in [2.24, 2.45) is 0 Å². The molecule has 1 aliphatic carbocycles. The predicted octanol–water partition coefficient (Wildman–Crippen LogP) is 4.79. The Balaban J connectivity index is 1.52. The van der Waals surface area contributed by atoms with Crippen LogP contribution < -0.4 is 15.4 Å². The number of benzene rings is 2. The van der Waals surface area contributed by atoms with Crippen molar-refractivity contribution in [3.05, 3.63) is 65.7 Å². The third-order valence-corrected chi connectivity index (χ3v) is 5.01. The van der Waals surface area contributed by atoms with Crippen LogP contribution in [0.4, 0.5) is 11.4 Å². The third kappa shape index (κ3) is 6.11. The van der Waals surface area contributed by atoms with Crippen LogP contribution in [0, 0.1) is 0 Å². The van der Waals surface area contributed by atoms with Crippen molar-refractivity contribution < 1.29 is 19.1 Å². The highest BCUT2D eigenvalue weighted by Gasteiger charge is 2.15. The van der Waals surface area contributed by atoms with Crippen molar-refractivity contribution in [2.75, 3.05) is 30.9 Å². The number of methoxy groups -OCH3 is 1. The zero-order valence-electron chi connectivity index (χ0n) is 17.3. The van der Waals surface area contributed by atoms with E-state index in [-0.39, 0.29) is 6.61 Å². The number of para-hydroxylation sites is 3. The first-order valence-corrected chi connectivity index (χ1v) is 10.3. The highest BCUT2D eigenvalue weighted by molar-refractivity contribution is 5.98. The van der Waals surface area contributed by atoms with Crippen molar-refractivity contribution >= 4 is 23.3 Å². The fourth-order valence-corrected chi connectivity index (χ4v) is 3.45. The summed E-state index contributed by atoms with van der Waals surface area (Å²) in [6.07, 6.45) is 8.14. The van der Waals surface area contributed by atoms with Crippen molar-refractivity contribution in [1.82, 2.24) is 0 Å². The average Bonchev–Trinajstić information content (AvgIpc) is 2.79. The SMILES string of the molecule is COc1ccccc1NC(=O)COC(=O)c1ccccc1NCCC1=CCCCC1. The Morgan fingerprint density at radius 3 is 2.53 bits per heavy atom. The predicted molar refractivity (Wildman–Crippen MR) is 118 cm³/mol. The van der Waals surface area contributed by atoms with Gasteiger partial charge in [-0.3, -0.25) is 4.79 Å². The number of hydrogen-bond donors (Lipinski definition) is 2. The zero-order chi connectivity index (χ0) is 21.2. The van der Waals surface area contributed by atoms with Gasteiger partial charge in [-0.25, -0.2) is 4.79 Å². The fraction of sp³-hybridized carbons (Fsp3) is 0.333. The molecule has 2 aromatic carbocycles. The molecule has 0 fully saturated rings. The molecular formula is C24H28N2O4. The van der Waals surface area contributed by atoms with Gasteiger partial charge in [0.2, 0.25) is 0 Å². The maximum atomic E-state index is 12.5. The van der Waals surface area contributed by atoms with Gasteiger partial charge in [-0.2, -0.15) is 0 Å². The van der Waals surface area contributed by atoms with Gasteiger partial charge in [0.1, 0.15) is 5.75 Å². The quantitative estimate of drug-likeness (QED) is 0.461. The lowest BCUT2D eigenvalue weighted by Gasteiger charge is -2.15. The van der Waals surface area contributed by atoms with Crippen LogP contribution in [0.5, 0.6) is 5.75 Å². The molecule has 1 aliphatic rings. The average molecular weight is 408 g/mol. The van der Waals surface area contributed by atoms with Gasteiger partial charge >= 0.3 is 5.97 Å².